The van der Waals surface area contributed by atoms with Crippen LogP contribution in [-0.4, -0.2) is 24.3 Å². The number of fused-ring (bicyclic) bond motifs is 1. The summed E-state index contributed by atoms with van der Waals surface area (Å²) in [5.41, 5.74) is 3.47. The first-order valence-electron chi connectivity index (χ1n) is 14.7. The summed E-state index contributed by atoms with van der Waals surface area (Å²) >= 11 is 18.1. The molecular weight excluding hydrogens is 897 g/mol. The van der Waals surface area contributed by atoms with Gasteiger partial charge in [-0.05, 0) is 106 Å². The SMILES string of the molecule is CCOC(=O)C1=C(c2ccccc2)N=c2s/c(=C\c3cc(I)cc(I)c3OCc3ccc(Cl)c(Cl)c3)c(=O)n2[C@H]1c1ccc(OC)cc1. The van der Waals surface area contributed by atoms with Crippen LogP contribution in [-0.2, 0) is 16.1 Å². The maximum Gasteiger partial charge on any atom is 0.338 e. The van der Waals surface area contributed by atoms with Crippen LogP contribution in [0.4, 0.5) is 0 Å². The summed E-state index contributed by atoms with van der Waals surface area (Å²) in [6.07, 6.45) is 1.82. The number of halogens is 4. The Labute approximate surface area is 317 Å². The Hall–Kier alpha value is -3.17. The van der Waals surface area contributed by atoms with Gasteiger partial charge in [-0.3, -0.25) is 9.36 Å². The number of esters is 1. The Kier molecular flexibility index (Phi) is 11.0. The molecular formula is C36H26Cl2I2N2O5S. The number of benzene rings is 4. The third-order valence-corrected chi connectivity index (χ3v) is 10.6. The zero-order chi connectivity index (χ0) is 33.9. The number of ether oxygens (including phenoxy) is 3. The second kappa shape index (κ2) is 15.2. The molecule has 0 saturated carbocycles. The van der Waals surface area contributed by atoms with Gasteiger partial charge in [0.05, 0.1) is 49.2 Å². The van der Waals surface area contributed by atoms with Crippen molar-refractivity contribution in [2.24, 2.45) is 4.99 Å². The normalized spacial score (nSPS) is 14.4. The fraction of sp³-hybridized carbons (Fsp3) is 0.139. The number of nitrogens with zero attached hydrogens (tertiary/aromatic N) is 2. The lowest BCUT2D eigenvalue weighted by Gasteiger charge is -2.26. The minimum absolute atomic E-state index is 0.167. The molecule has 0 radical (unpaired) electrons. The van der Waals surface area contributed by atoms with E-state index in [4.69, 9.17) is 42.4 Å². The third kappa shape index (κ3) is 7.23. The van der Waals surface area contributed by atoms with Gasteiger partial charge in [0.2, 0.25) is 0 Å². The van der Waals surface area contributed by atoms with Crippen molar-refractivity contribution in [3.8, 4) is 11.5 Å². The molecule has 1 aromatic heterocycles. The molecule has 1 aliphatic heterocycles. The molecule has 0 bridgehead atoms. The quantitative estimate of drug-likeness (QED) is 0.111. The lowest BCUT2D eigenvalue weighted by Crippen LogP contribution is -2.40. The lowest BCUT2D eigenvalue weighted by atomic mass is 9.93. The second-order valence-corrected chi connectivity index (χ2v) is 14.8. The molecule has 0 saturated heterocycles. The van der Waals surface area contributed by atoms with Crippen molar-refractivity contribution in [2.75, 3.05) is 13.7 Å². The van der Waals surface area contributed by atoms with E-state index in [1.165, 1.54) is 11.3 Å². The second-order valence-electron chi connectivity index (χ2n) is 10.5. The van der Waals surface area contributed by atoms with Crippen molar-refractivity contribution < 1.29 is 19.0 Å². The summed E-state index contributed by atoms with van der Waals surface area (Å²) in [6.45, 7) is 2.17. The Morgan fingerprint density at radius 3 is 2.44 bits per heavy atom. The highest BCUT2D eigenvalue weighted by atomic mass is 127. The van der Waals surface area contributed by atoms with E-state index in [0.29, 0.717) is 42.1 Å². The molecule has 0 N–H and O–H groups in total. The third-order valence-electron chi connectivity index (χ3n) is 7.50. The summed E-state index contributed by atoms with van der Waals surface area (Å²) in [4.78, 5) is 33.6. The van der Waals surface area contributed by atoms with Crippen LogP contribution in [0.15, 0.2) is 100 Å². The van der Waals surface area contributed by atoms with E-state index < -0.39 is 12.0 Å². The van der Waals surface area contributed by atoms with Crippen LogP contribution in [0, 0.1) is 7.14 Å². The van der Waals surface area contributed by atoms with Gasteiger partial charge in [0, 0.05) is 14.7 Å². The summed E-state index contributed by atoms with van der Waals surface area (Å²) in [7, 11) is 1.59. The molecule has 244 valence electrons. The molecule has 7 nitrogen and oxygen atoms in total. The molecule has 4 aromatic carbocycles. The molecule has 48 heavy (non-hydrogen) atoms. The Morgan fingerprint density at radius 2 is 1.75 bits per heavy atom. The van der Waals surface area contributed by atoms with E-state index in [1.54, 1.807) is 30.7 Å². The van der Waals surface area contributed by atoms with E-state index in [-0.39, 0.29) is 24.3 Å². The van der Waals surface area contributed by atoms with Gasteiger partial charge in [0.1, 0.15) is 18.1 Å². The van der Waals surface area contributed by atoms with Crippen LogP contribution in [0.2, 0.25) is 10.0 Å². The molecule has 0 spiro atoms. The monoisotopic (exact) mass is 922 g/mol. The molecule has 0 amide bonds. The van der Waals surface area contributed by atoms with E-state index in [9.17, 15) is 9.59 Å². The number of carbonyl (C=O) groups is 1. The van der Waals surface area contributed by atoms with Crippen LogP contribution >= 0.6 is 79.7 Å². The van der Waals surface area contributed by atoms with Gasteiger partial charge in [-0.15, -0.1) is 0 Å². The average Bonchev–Trinajstić information content (AvgIpc) is 3.39. The maximum atomic E-state index is 14.4. The van der Waals surface area contributed by atoms with E-state index in [1.807, 2.05) is 78.9 Å². The van der Waals surface area contributed by atoms with Crippen molar-refractivity contribution in [3.63, 3.8) is 0 Å². The first-order chi connectivity index (χ1) is 23.2. The minimum Gasteiger partial charge on any atom is -0.497 e. The van der Waals surface area contributed by atoms with E-state index >= 15 is 0 Å². The lowest BCUT2D eigenvalue weighted by molar-refractivity contribution is -0.138. The Balaban J connectivity index is 1.54. The van der Waals surface area contributed by atoms with Gasteiger partial charge in [-0.1, -0.05) is 83.1 Å². The molecule has 5 aromatic rings. The smallest absolute Gasteiger partial charge is 0.338 e. The summed E-state index contributed by atoms with van der Waals surface area (Å²) in [5, 5.41) is 0.912. The predicted molar refractivity (Wildman–Crippen MR) is 207 cm³/mol. The van der Waals surface area contributed by atoms with Gasteiger partial charge in [0.25, 0.3) is 5.56 Å². The number of carbonyl (C=O) groups excluding carboxylic acids is 1. The Morgan fingerprint density at radius 1 is 1.00 bits per heavy atom. The number of thiazole rings is 1. The van der Waals surface area contributed by atoms with Crippen LogP contribution in [0.5, 0.6) is 11.5 Å². The van der Waals surface area contributed by atoms with Gasteiger partial charge in [0.15, 0.2) is 4.80 Å². The van der Waals surface area contributed by atoms with Crippen LogP contribution in [0.1, 0.15) is 35.2 Å². The van der Waals surface area contributed by atoms with Crippen LogP contribution in [0.25, 0.3) is 11.8 Å². The molecule has 0 aliphatic carbocycles. The standard InChI is InChI=1S/C36H26Cl2I2N2O5S/c1-3-46-35(44)30-31(21-7-5-4-6-8-21)41-36-42(32(30)22-10-12-25(45-2)13-11-22)34(43)29(48-36)17-23-16-24(39)18-28(40)33(23)47-19-20-9-14-26(37)27(38)15-20/h4-18,32H,3,19H2,1-2H3/b29-17-/t32-/m0/s1. The molecule has 2 heterocycles. The van der Waals surface area contributed by atoms with E-state index in [2.05, 4.69) is 45.2 Å². The largest absolute Gasteiger partial charge is 0.497 e. The number of methoxy groups -OCH3 is 1. The van der Waals surface area contributed by atoms with Gasteiger partial charge >= 0.3 is 5.97 Å². The van der Waals surface area contributed by atoms with Crippen molar-refractivity contribution in [2.45, 2.75) is 19.6 Å². The topological polar surface area (TPSA) is 79.1 Å². The maximum absolute atomic E-state index is 14.4. The Bertz CT molecular complexity index is 2240. The number of aromatic nitrogens is 1. The summed E-state index contributed by atoms with van der Waals surface area (Å²) in [5.74, 6) is 0.731. The predicted octanol–water partition coefficient (Wildman–Crippen LogP) is 8.04. The molecule has 12 heteroatoms. The molecule has 1 aliphatic rings. The van der Waals surface area contributed by atoms with Crippen LogP contribution < -0.4 is 24.4 Å². The van der Waals surface area contributed by atoms with E-state index in [0.717, 1.165) is 23.8 Å². The summed E-state index contributed by atoms with van der Waals surface area (Å²) < 4.78 is 21.2. The zero-order valence-electron chi connectivity index (χ0n) is 25.5. The first-order valence-corrected chi connectivity index (χ1v) is 18.4. The highest BCUT2D eigenvalue weighted by Crippen LogP contribution is 2.36. The van der Waals surface area contributed by atoms with Crippen molar-refractivity contribution in [1.29, 1.82) is 0 Å². The molecule has 0 unspecified atom stereocenters. The fourth-order valence-electron chi connectivity index (χ4n) is 5.31. The van der Waals surface area contributed by atoms with Gasteiger partial charge < -0.3 is 14.2 Å². The highest BCUT2D eigenvalue weighted by molar-refractivity contribution is 14.1. The highest BCUT2D eigenvalue weighted by Gasteiger charge is 2.35. The van der Waals surface area contributed by atoms with Crippen molar-refractivity contribution >= 4 is 97.5 Å². The number of hydrogen-bond donors (Lipinski definition) is 0. The number of rotatable bonds is 9. The minimum atomic E-state index is -0.801. The molecule has 6 rings (SSSR count). The molecule has 0 fully saturated rings. The van der Waals surface area contributed by atoms with Gasteiger partial charge in [-0.25, -0.2) is 9.79 Å². The van der Waals surface area contributed by atoms with Crippen LogP contribution in [0.3, 0.4) is 0 Å². The molecule has 1 atom stereocenters. The zero-order valence-corrected chi connectivity index (χ0v) is 32.2. The average molecular weight is 923 g/mol. The number of hydrogen-bond acceptors (Lipinski definition) is 7. The van der Waals surface area contributed by atoms with Gasteiger partial charge in [-0.2, -0.15) is 0 Å². The van der Waals surface area contributed by atoms with Crippen molar-refractivity contribution in [1.82, 2.24) is 4.57 Å². The summed E-state index contributed by atoms with van der Waals surface area (Å²) in [6, 6.07) is 25.3. The fourth-order valence-corrected chi connectivity index (χ4v) is 8.67. The first kappa shape index (κ1) is 34.7. The van der Waals surface area contributed by atoms with Crippen molar-refractivity contribution in [3.05, 3.63) is 150 Å².